The quantitative estimate of drug-likeness (QED) is 0.191. The first-order valence-corrected chi connectivity index (χ1v) is 15.8. The molecule has 2 amide bonds. The number of amides is 2. The van der Waals surface area contributed by atoms with Gasteiger partial charge in [0.15, 0.2) is 5.69 Å². The molecule has 240 valence electrons. The van der Waals surface area contributed by atoms with E-state index in [4.69, 9.17) is 16.3 Å². The molecular weight excluding hydrogens is 606 g/mol. The van der Waals surface area contributed by atoms with Crippen molar-refractivity contribution in [2.45, 2.75) is 65.0 Å². The summed E-state index contributed by atoms with van der Waals surface area (Å²) in [5.74, 6) is -0.367. The number of phenolic OH excluding ortho intramolecular Hbond substituents is 1. The molecule has 3 aromatic heterocycles. The average Bonchev–Trinajstić information content (AvgIpc) is 3.73. The van der Waals surface area contributed by atoms with Crippen molar-refractivity contribution in [2.75, 3.05) is 29.2 Å². The van der Waals surface area contributed by atoms with Crippen LogP contribution in [0.15, 0.2) is 55.0 Å². The number of fused-ring (bicyclic) bond motifs is 4. The maximum Gasteiger partial charge on any atom is 0.278 e. The van der Waals surface area contributed by atoms with Gasteiger partial charge in [0, 0.05) is 48.8 Å². The van der Waals surface area contributed by atoms with Gasteiger partial charge in [-0.3, -0.25) is 9.59 Å². The van der Waals surface area contributed by atoms with Crippen LogP contribution in [0.2, 0.25) is 0 Å². The highest BCUT2D eigenvalue weighted by atomic mass is 35.5. The number of hydrogen-bond donors (Lipinski definition) is 2. The molecule has 0 fully saturated rings. The molecule has 11 nitrogen and oxygen atoms in total. The van der Waals surface area contributed by atoms with Crippen molar-refractivity contribution >= 4 is 51.2 Å². The molecule has 2 aromatic carbocycles. The first-order chi connectivity index (χ1) is 21.8. The molecule has 1 unspecified atom stereocenters. The van der Waals surface area contributed by atoms with Crippen LogP contribution in [0.3, 0.4) is 0 Å². The highest BCUT2D eigenvalue weighted by Crippen LogP contribution is 2.46. The van der Waals surface area contributed by atoms with E-state index >= 15 is 0 Å². The van der Waals surface area contributed by atoms with Crippen LogP contribution in [0.1, 0.15) is 79.1 Å². The first-order valence-electron chi connectivity index (χ1n) is 15.3. The van der Waals surface area contributed by atoms with E-state index in [1.54, 1.807) is 50.8 Å². The molecule has 5 aromatic rings. The number of aromatic hydroxyl groups is 1. The lowest BCUT2D eigenvalue weighted by Crippen LogP contribution is -2.30. The number of halogens is 1. The number of carbonyl (C=O) groups is 2. The number of aromatic nitrogens is 5. The second kappa shape index (κ2) is 11.7. The minimum atomic E-state index is -0.410. The molecule has 12 heteroatoms. The summed E-state index contributed by atoms with van der Waals surface area (Å²) in [6.07, 6.45) is 5.65. The molecule has 0 aliphatic carbocycles. The van der Waals surface area contributed by atoms with Crippen LogP contribution in [0, 0.1) is 6.92 Å². The lowest BCUT2D eigenvalue weighted by atomic mass is 9.92. The predicted molar refractivity (Wildman–Crippen MR) is 178 cm³/mol. The Morgan fingerprint density at radius 3 is 2.61 bits per heavy atom. The second-order valence-corrected chi connectivity index (χ2v) is 13.7. The molecule has 1 atom stereocenters. The molecule has 46 heavy (non-hydrogen) atoms. The highest BCUT2D eigenvalue weighted by Gasteiger charge is 2.36. The normalized spacial score (nSPS) is 15.1. The Morgan fingerprint density at radius 1 is 1.09 bits per heavy atom. The van der Waals surface area contributed by atoms with Gasteiger partial charge in [-0.1, -0.05) is 23.4 Å². The Morgan fingerprint density at radius 2 is 1.87 bits per heavy atom. The van der Waals surface area contributed by atoms with Crippen molar-refractivity contribution in [1.29, 1.82) is 0 Å². The Bertz CT molecular complexity index is 1970. The van der Waals surface area contributed by atoms with Crippen molar-refractivity contribution in [2.24, 2.45) is 0 Å². The zero-order valence-corrected chi connectivity index (χ0v) is 27.6. The molecule has 1 aliphatic rings. The summed E-state index contributed by atoms with van der Waals surface area (Å²) >= 11 is 6.40. The molecule has 0 saturated carbocycles. The van der Waals surface area contributed by atoms with Gasteiger partial charge in [0.25, 0.3) is 11.8 Å². The van der Waals surface area contributed by atoms with E-state index in [1.807, 2.05) is 59.7 Å². The SMILES string of the molecule is Cc1cccc2c(O)cc3c(c12)C(CCl)CN3C(=O)c1cn2cc(NC(=O)c3cn(C(C)(C)CCOC(C)(C)C)nn3)ccc2n1. The van der Waals surface area contributed by atoms with Gasteiger partial charge in [-0.15, -0.1) is 16.7 Å². The molecular formula is C34H38ClN7O4. The van der Waals surface area contributed by atoms with Crippen molar-refractivity contribution < 1.29 is 19.4 Å². The molecule has 0 bridgehead atoms. The van der Waals surface area contributed by atoms with E-state index in [2.05, 4.69) is 20.6 Å². The molecule has 0 saturated heterocycles. The minimum absolute atomic E-state index is 0.0935. The number of pyridine rings is 1. The maximum atomic E-state index is 13.8. The topological polar surface area (TPSA) is 127 Å². The molecule has 1 aliphatic heterocycles. The molecule has 0 spiro atoms. The fraction of sp³-hybridized carbons (Fsp3) is 0.382. The number of ether oxygens (including phenoxy) is 1. The second-order valence-electron chi connectivity index (χ2n) is 13.4. The predicted octanol–water partition coefficient (Wildman–Crippen LogP) is 6.27. The monoisotopic (exact) mass is 643 g/mol. The van der Waals surface area contributed by atoms with Crippen molar-refractivity contribution in [3.8, 4) is 5.75 Å². The first kappa shape index (κ1) is 31.5. The Hall–Kier alpha value is -4.48. The zero-order chi connectivity index (χ0) is 33.0. The number of alkyl halides is 1. The average molecular weight is 644 g/mol. The van der Waals surface area contributed by atoms with Crippen LogP contribution in [-0.2, 0) is 10.3 Å². The van der Waals surface area contributed by atoms with Gasteiger partial charge in [-0.2, -0.15) is 0 Å². The van der Waals surface area contributed by atoms with E-state index in [9.17, 15) is 14.7 Å². The number of aryl methyl sites for hydroxylation is 1. The third-order valence-electron chi connectivity index (χ3n) is 8.42. The Balaban J connectivity index is 1.20. The number of nitrogens with zero attached hydrogens (tertiary/aromatic N) is 6. The smallest absolute Gasteiger partial charge is 0.278 e. The van der Waals surface area contributed by atoms with Crippen LogP contribution in [0.4, 0.5) is 11.4 Å². The van der Waals surface area contributed by atoms with Gasteiger partial charge in [0.1, 0.15) is 17.1 Å². The molecule has 6 rings (SSSR count). The number of phenols is 1. The largest absolute Gasteiger partial charge is 0.507 e. The van der Waals surface area contributed by atoms with E-state index in [0.29, 0.717) is 42.5 Å². The summed E-state index contributed by atoms with van der Waals surface area (Å²) < 4.78 is 9.23. The fourth-order valence-electron chi connectivity index (χ4n) is 5.90. The van der Waals surface area contributed by atoms with Crippen LogP contribution in [-0.4, -0.2) is 65.9 Å². The number of anilines is 2. The van der Waals surface area contributed by atoms with Gasteiger partial charge >= 0.3 is 0 Å². The third kappa shape index (κ3) is 5.92. The van der Waals surface area contributed by atoms with Crippen LogP contribution >= 0.6 is 11.6 Å². The summed E-state index contributed by atoms with van der Waals surface area (Å²) in [6.45, 7) is 13.0. The summed E-state index contributed by atoms with van der Waals surface area (Å²) in [5.41, 5.74) is 3.42. The van der Waals surface area contributed by atoms with Gasteiger partial charge in [-0.05, 0) is 76.6 Å². The van der Waals surface area contributed by atoms with E-state index in [-0.39, 0.29) is 34.6 Å². The summed E-state index contributed by atoms with van der Waals surface area (Å²) in [6, 6.07) is 10.9. The highest BCUT2D eigenvalue weighted by molar-refractivity contribution is 6.19. The lowest BCUT2D eigenvalue weighted by molar-refractivity contribution is -0.0153. The van der Waals surface area contributed by atoms with Crippen molar-refractivity contribution in [3.05, 3.63) is 77.5 Å². The van der Waals surface area contributed by atoms with E-state index in [0.717, 1.165) is 21.9 Å². The standard InChI is InChI=1S/C34H38ClN7O4/c1-20-8-7-9-23-27(43)14-26-30(29(20)23)21(15-35)16-41(26)32(45)25-18-40-17-22(10-11-28(40)37-25)36-31(44)24-19-42(39-38-24)34(5,6)12-13-46-33(2,3)4/h7-11,14,17-19,21,43H,12-13,15-16H2,1-6H3,(H,36,44). The Kier molecular flexibility index (Phi) is 8.02. The van der Waals surface area contributed by atoms with Gasteiger partial charge < -0.3 is 24.5 Å². The molecule has 4 heterocycles. The van der Waals surface area contributed by atoms with Gasteiger partial charge in [0.2, 0.25) is 0 Å². The molecule has 0 radical (unpaired) electrons. The van der Waals surface area contributed by atoms with Gasteiger partial charge in [-0.25, -0.2) is 9.67 Å². The fourth-order valence-corrected chi connectivity index (χ4v) is 6.16. The van der Waals surface area contributed by atoms with E-state index < -0.39 is 11.4 Å². The van der Waals surface area contributed by atoms with Crippen molar-refractivity contribution in [1.82, 2.24) is 24.4 Å². The minimum Gasteiger partial charge on any atom is -0.507 e. The Labute approximate surface area is 272 Å². The van der Waals surface area contributed by atoms with Crippen LogP contribution < -0.4 is 10.2 Å². The maximum absolute atomic E-state index is 13.8. The number of hydrogen-bond acceptors (Lipinski definition) is 7. The van der Waals surface area contributed by atoms with Crippen LogP contribution in [0.25, 0.3) is 16.4 Å². The number of imidazole rings is 1. The summed E-state index contributed by atoms with van der Waals surface area (Å²) in [7, 11) is 0. The zero-order valence-electron chi connectivity index (χ0n) is 26.8. The number of benzene rings is 2. The van der Waals surface area contributed by atoms with E-state index in [1.165, 1.54) is 0 Å². The molecule has 2 N–H and O–H groups in total. The lowest BCUT2D eigenvalue weighted by Gasteiger charge is -2.27. The van der Waals surface area contributed by atoms with Gasteiger partial charge in [0.05, 0.1) is 28.7 Å². The number of rotatable bonds is 8. The third-order valence-corrected chi connectivity index (χ3v) is 8.80. The van der Waals surface area contributed by atoms with Crippen molar-refractivity contribution in [3.63, 3.8) is 0 Å². The summed E-state index contributed by atoms with van der Waals surface area (Å²) in [4.78, 5) is 33.1. The number of nitrogens with one attached hydrogen (secondary N) is 1. The summed E-state index contributed by atoms with van der Waals surface area (Å²) in [5, 5.41) is 23.7. The van der Waals surface area contributed by atoms with Crippen LogP contribution in [0.5, 0.6) is 5.75 Å². The number of carbonyl (C=O) groups excluding carboxylic acids is 2.